The summed E-state index contributed by atoms with van der Waals surface area (Å²) >= 11 is 3.47. The van der Waals surface area contributed by atoms with E-state index < -0.39 is 0 Å². The van der Waals surface area contributed by atoms with Crippen LogP contribution in [0.25, 0.3) is 11.3 Å². The number of anilines is 1. The van der Waals surface area contributed by atoms with Crippen LogP contribution in [-0.2, 0) is 7.05 Å². The van der Waals surface area contributed by atoms with Crippen LogP contribution in [-0.4, -0.2) is 23.5 Å². The van der Waals surface area contributed by atoms with Crippen molar-refractivity contribution < 1.29 is 9.47 Å². The van der Waals surface area contributed by atoms with Gasteiger partial charge in [-0.2, -0.15) is 5.10 Å². The van der Waals surface area contributed by atoms with E-state index in [4.69, 9.17) is 15.2 Å². The number of ether oxygens (including phenoxy) is 2. The van der Waals surface area contributed by atoms with Crippen molar-refractivity contribution in [1.82, 2.24) is 9.78 Å². The number of methoxy groups -OCH3 is 1. The van der Waals surface area contributed by atoms with E-state index in [0.717, 1.165) is 27.2 Å². The third-order valence-corrected chi connectivity index (χ3v) is 3.37. The number of aromatic nitrogens is 2. The highest BCUT2D eigenvalue weighted by molar-refractivity contribution is 9.10. The predicted molar refractivity (Wildman–Crippen MR) is 78.5 cm³/mol. The Kier molecular flexibility index (Phi) is 3.99. The van der Waals surface area contributed by atoms with Crippen molar-refractivity contribution in [1.29, 1.82) is 0 Å². The lowest BCUT2D eigenvalue weighted by Gasteiger charge is -2.12. The lowest BCUT2D eigenvalue weighted by molar-refractivity contribution is 0.337. The summed E-state index contributed by atoms with van der Waals surface area (Å²) in [4.78, 5) is 0. The van der Waals surface area contributed by atoms with Gasteiger partial charge in [-0.1, -0.05) is 0 Å². The minimum Gasteiger partial charge on any atom is -0.495 e. The summed E-state index contributed by atoms with van der Waals surface area (Å²) in [7, 11) is 3.42. The highest BCUT2D eigenvalue weighted by Crippen LogP contribution is 2.38. The quantitative estimate of drug-likeness (QED) is 0.938. The topological polar surface area (TPSA) is 62.3 Å². The third-order valence-electron chi connectivity index (χ3n) is 2.75. The Morgan fingerprint density at radius 3 is 2.58 bits per heavy atom. The minimum absolute atomic E-state index is 0.570. The predicted octanol–water partition coefficient (Wildman–Crippen LogP) is 2.84. The van der Waals surface area contributed by atoms with Gasteiger partial charge >= 0.3 is 0 Å². The molecule has 102 valence electrons. The number of nitrogens with zero attached hydrogens (tertiary/aromatic N) is 2. The molecule has 0 aliphatic carbocycles. The zero-order valence-corrected chi connectivity index (χ0v) is 12.7. The van der Waals surface area contributed by atoms with Crippen LogP contribution in [0.3, 0.4) is 0 Å². The zero-order chi connectivity index (χ0) is 14.0. The molecule has 0 saturated heterocycles. The molecule has 5 nitrogen and oxygen atoms in total. The number of hydrogen-bond donors (Lipinski definition) is 1. The second kappa shape index (κ2) is 5.52. The van der Waals surface area contributed by atoms with E-state index in [-0.39, 0.29) is 0 Å². The Morgan fingerprint density at radius 2 is 2.05 bits per heavy atom. The van der Waals surface area contributed by atoms with Gasteiger partial charge in [-0.25, -0.2) is 0 Å². The van der Waals surface area contributed by atoms with Crippen LogP contribution in [0.1, 0.15) is 6.92 Å². The molecular weight excluding hydrogens is 310 g/mol. The second-order valence-electron chi connectivity index (χ2n) is 3.99. The van der Waals surface area contributed by atoms with Crippen LogP contribution >= 0.6 is 15.9 Å². The molecule has 0 bridgehead atoms. The lowest BCUT2D eigenvalue weighted by atomic mass is 10.1. The molecule has 1 heterocycles. The molecule has 0 spiro atoms. The van der Waals surface area contributed by atoms with E-state index in [1.807, 2.05) is 25.1 Å². The van der Waals surface area contributed by atoms with Gasteiger partial charge in [0.2, 0.25) is 0 Å². The highest BCUT2D eigenvalue weighted by Gasteiger charge is 2.15. The highest BCUT2D eigenvalue weighted by atomic mass is 79.9. The number of nitrogens with two attached hydrogens (primary N) is 1. The Balaban J connectivity index is 2.57. The minimum atomic E-state index is 0.570. The fourth-order valence-corrected chi connectivity index (χ4v) is 2.28. The molecule has 0 unspecified atom stereocenters. The molecule has 1 aromatic heterocycles. The second-order valence-corrected chi connectivity index (χ2v) is 4.85. The van der Waals surface area contributed by atoms with Crippen molar-refractivity contribution in [3.8, 4) is 22.8 Å². The van der Waals surface area contributed by atoms with E-state index in [1.54, 1.807) is 18.8 Å². The lowest BCUT2D eigenvalue weighted by Crippen LogP contribution is -1.98. The Labute approximate surface area is 120 Å². The van der Waals surface area contributed by atoms with Gasteiger partial charge in [-0.3, -0.25) is 4.68 Å². The molecular formula is C13H16BrN3O2. The molecule has 0 amide bonds. The van der Waals surface area contributed by atoms with Gasteiger partial charge in [0.25, 0.3) is 0 Å². The summed E-state index contributed by atoms with van der Waals surface area (Å²) in [5, 5.41) is 4.37. The summed E-state index contributed by atoms with van der Waals surface area (Å²) in [6.45, 7) is 2.51. The molecule has 0 aliphatic rings. The monoisotopic (exact) mass is 325 g/mol. The summed E-state index contributed by atoms with van der Waals surface area (Å²) < 4.78 is 13.4. The summed E-state index contributed by atoms with van der Waals surface area (Å²) in [6, 6.07) is 5.58. The largest absolute Gasteiger partial charge is 0.495 e. The number of aryl methyl sites for hydroxylation is 1. The van der Waals surface area contributed by atoms with Crippen molar-refractivity contribution in [2.45, 2.75) is 6.92 Å². The first kappa shape index (κ1) is 13.7. The van der Waals surface area contributed by atoms with Gasteiger partial charge in [-0.05, 0) is 28.9 Å². The van der Waals surface area contributed by atoms with Gasteiger partial charge in [0, 0.05) is 24.7 Å². The molecule has 0 saturated carbocycles. The molecule has 2 aromatic rings. The first-order valence-electron chi connectivity index (χ1n) is 5.87. The molecule has 2 rings (SSSR count). The smallest absolute Gasteiger partial charge is 0.136 e. The first-order valence-corrected chi connectivity index (χ1v) is 6.66. The summed E-state index contributed by atoms with van der Waals surface area (Å²) in [5.74, 6) is 2.04. The average molecular weight is 326 g/mol. The standard InChI is InChI=1S/C13H16BrN3O2/c1-4-19-11-7-12(18-3)9(14)5-8(11)10-6-13(15)17(2)16-10/h5-7H,4,15H2,1-3H3. The van der Waals surface area contributed by atoms with E-state index in [1.165, 1.54) is 0 Å². The summed E-state index contributed by atoms with van der Waals surface area (Å²) in [6.07, 6.45) is 0. The molecule has 0 aliphatic heterocycles. The number of halogens is 1. The molecule has 0 fully saturated rings. The number of hydrogen-bond acceptors (Lipinski definition) is 4. The van der Waals surface area contributed by atoms with Crippen molar-refractivity contribution in [2.24, 2.45) is 7.05 Å². The van der Waals surface area contributed by atoms with Crippen LogP contribution in [0.4, 0.5) is 5.82 Å². The van der Waals surface area contributed by atoms with Crippen molar-refractivity contribution in [2.75, 3.05) is 19.5 Å². The molecule has 19 heavy (non-hydrogen) atoms. The summed E-state index contributed by atoms with van der Waals surface area (Å²) in [5.41, 5.74) is 7.47. The first-order chi connectivity index (χ1) is 9.06. The van der Waals surface area contributed by atoms with E-state index in [0.29, 0.717) is 12.4 Å². The van der Waals surface area contributed by atoms with Gasteiger partial charge in [-0.15, -0.1) is 0 Å². The van der Waals surface area contributed by atoms with E-state index in [2.05, 4.69) is 21.0 Å². The third kappa shape index (κ3) is 2.68. The average Bonchev–Trinajstić information content (AvgIpc) is 2.71. The Morgan fingerprint density at radius 1 is 1.32 bits per heavy atom. The van der Waals surface area contributed by atoms with Crippen LogP contribution in [0.2, 0.25) is 0 Å². The zero-order valence-electron chi connectivity index (χ0n) is 11.1. The maximum Gasteiger partial charge on any atom is 0.136 e. The molecule has 0 radical (unpaired) electrons. The number of benzene rings is 1. The van der Waals surface area contributed by atoms with Crippen LogP contribution < -0.4 is 15.2 Å². The molecule has 1 aromatic carbocycles. The van der Waals surface area contributed by atoms with Crippen LogP contribution in [0, 0.1) is 0 Å². The number of rotatable bonds is 4. The fraction of sp³-hybridized carbons (Fsp3) is 0.308. The molecule has 0 atom stereocenters. The fourth-order valence-electron chi connectivity index (χ4n) is 1.78. The van der Waals surface area contributed by atoms with E-state index in [9.17, 15) is 0 Å². The van der Waals surface area contributed by atoms with Gasteiger partial charge < -0.3 is 15.2 Å². The normalized spacial score (nSPS) is 10.5. The van der Waals surface area contributed by atoms with E-state index >= 15 is 0 Å². The van der Waals surface area contributed by atoms with Gasteiger partial charge in [0.05, 0.1) is 23.9 Å². The SMILES string of the molecule is CCOc1cc(OC)c(Br)cc1-c1cc(N)n(C)n1. The number of nitrogen functional groups attached to an aromatic ring is 1. The van der Waals surface area contributed by atoms with Gasteiger partial charge in [0.1, 0.15) is 17.3 Å². The van der Waals surface area contributed by atoms with Crippen LogP contribution in [0.15, 0.2) is 22.7 Å². The van der Waals surface area contributed by atoms with Crippen molar-refractivity contribution in [3.63, 3.8) is 0 Å². The molecule has 6 heteroatoms. The Bertz CT molecular complexity index is 576. The van der Waals surface area contributed by atoms with Crippen molar-refractivity contribution >= 4 is 21.7 Å². The maximum absolute atomic E-state index is 5.82. The van der Waals surface area contributed by atoms with Gasteiger partial charge in [0.15, 0.2) is 0 Å². The molecule has 2 N–H and O–H groups in total. The van der Waals surface area contributed by atoms with Crippen molar-refractivity contribution in [3.05, 3.63) is 22.7 Å². The van der Waals surface area contributed by atoms with Crippen LogP contribution in [0.5, 0.6) is 11.5 Å². The maximum atomic E-state index is 5.82. The Hall–Kier alpha value is -1.69.